The SMILES string of the molecule is C[C@H](C(=O)NC[C@@H]1C[C@H](F)CN1Cc1ccnn1C)n1cncn1. The molecule has 0 spiro atoms. The molecule has 1 N–H and O–H groups in total. The topological polar surface area (TPSA) is 80.9 Å². The molecule has 1 aliphatic heterocycles. The highest BCUT2D eigenvalue weighted by Gasteiger charge is 2.33. The number of hydrogen-bond acceptors (Lipinski definition) is 5. The van der Waals surface area contributed by atoms with E-state index in [0.29, 0.717) is 26.1 Å². The van der Waals surface area contributed by atoms with Gasteiger partial charge >= 0.3 is 0 Å². The second kappa shape index (κ2) is 7.08. The molecule has 0 saturated carbocycles. The van der Waals surface area contributed by atoms with Gasteiger partial charge < -0.3 is 5.32 Å². The maximum Gasteiger partial charge on any atom is 0.244 e. The van der Waals surface area contributed by atoms with Gasteiger partial charge in [-0.05, 0) is 19.4 Å². The van der Waals surface area contributed by atoms with Crippen LogP contribution in [0.3, 0.4) is 0 Å². The fourth-order valence-corrected chi connectivity index (χ4v) is 3.00. The summed E-state index contributed by atoms with van der Waals surface area (Å²) in [6.07, 6.45) is 4.19. The average molecular weight is 335 g/mol. The van der Waals surface area contributed by atoms with E-state index in [1.165, 1.54) is 17.3 Å². The number of nitrogens with one attached hydrogen (secondary N) is 1. The molecular formula is C15H22FN7O. The van der Waals surface area contributed by atoms with Crippen LogP contribution < -0.4 is 5.32 Å². The lowest BCUT2D eigenvalue weighted by molar-refractivity contribution is -0.124. The Morgan fingerprint density at radius 3 is 3.00 bits per heavy atom. The maximum absolute atomic E-state index is 13.9. The molecular weight excluding hydrogens is 313 g/mol. The molecule has 24 heavy (non-hydrogen) atoms. The maximum atomic E-state index is 13.9. The molecule has 0 unspecified atom stereocenters. The van der Waals surface area contributed by atoms with E-state index < -0.39 is 12.2 Å². The van der Waals surface area contributed by atoms with Gasteiger partial charge in [-0.1, -0.05) is 0 Å². The monoisotopic (exact) mass is 335 g/mol. The number of aryl methyl sites for hydroxylation is 1. The van der Waals surface area contributed by atoms with E-state index in [4.69, 9.17) is 0 Å². The molecule has 0 radical (unpaired) electrons. The zero-order valence-electron chi connectivity index (χ0n) is 13.8. The van der Waals surface area contributed by atoms with Gasteiger partial charge in [0.1, 0.15) is 24.9 Å². The third kappa shape index (κ3) is 3.61. The van der Waals surface area contributed by atoms with Crippen molar-refractivity contribution in [2.24, 2.45) is 7.05 Å². The first kappa shape index (κ1) is 16.6. The minimum atomic E-state index is -0.868. The Bertz CT molecular complexity index is 671. The van der Waals surface area contributed by atoms with Crippen molar-refractivity contribution in [3.8, 4) is 0 Å². The number of likely N-dealkylation sites (tertiary alicyclic amines) is 1. The van der Waals surface area contributed by atoms with Gasteiger partial charge in [-0.3, -0.25) is 14.4 Å². The van der Waals surface area contributed by atoms with Gasteiger partial charge in [0.15, 0.2) is 0 Å². The third-order valence-electron chi connectivity index (χ3n) is 4.49. The minimum Gasteiger partial charge on any atom is -0.353 e. The van der Waals surface area contributed by atoms with Crippen LogP contribution in [0.2, 0.25) is 0 Å². The van der Waals surface area contributed by atoms with Crippen LogP contribution in [0, 0.1) is 0 Å². The van der Waals surface area contributed by atoms with Gasteiger partial charge in [-0.25, -0.2) is 14.1 Å². The summed E-state index contributed by atoms with van der Waals surface area (Å²) in [5, 5.41) is 11.0. The number of alkyl halides is 1. The van der Waals surface area contributed by atoms with E-state index in [1.54, 1.807) is 17.8 Å². The molecule has 2 aromatic rings. The highest BCUT2D eigenvalue weighted by Crippen LogP contribution is 2.22. The molecule has 130 valence electrons. The van der Waals surface area contributed by atoms with Gasteiger partial charge in [-0.2, -0.15) is 10.2 Å². The Labute approximate surface area is 139 Å². The number of nitrogens with zero attached hydrogens (tertiary/aromatic N) is 6. The number of carbonyl (C=O) groups is 1. The number of rotatable bonds is 6. The molecule has 1 saturated heterocycles. The van der Waals surface area contributed by atoms with Gasteiger partial charge in [-0.15, -0.1) is 0 Å². The summed E-state index contributed by atoms with van der Waals surface area (Å²) in [5.74, 6) is -0.150. The molecule has 0 aromatic carbocycles. The normalized spacial score (nSPS) is 22.6. The van der Waals surface area contributed by atoms with Crippen molar-refractivity contribution in [1.29, 1.82) is 0 Å². The fraction of sp³-hybridized carbons (Fsp3) is 0.600. The predicted molar refractivity (Wildman–Crippen MR) is 84.7 cm³/mol. The lowest BCUT2D eigenvalue weighted by Crippen LogP contribution is -2.42. The summed E-state index contributed by atoms with van der Waals surface area (Å²) >= 11 is 0. The Morgan fingerprint density at radius 1 is 1.50 bits per heavy atom. The molecule has 2 aromatic heterocycles. The lowest BCUT2D eigenvalue weighted by atomic mass is 10.2. The number of carbonyl (C=O) groups excluding carboxylic acids is 1. The Balaban J connectivity index is 1.56. The standard InChI is InChI=1S/C15H22FN7O/c1-11(23-10-17-9-20-23)15(24)18-6-14-5-12(16)7-22(14)8-13-3-4-19-21(13)2/h3-4,9-12,14H,5-8H2,1-2H3,(H,18,24)/t11-,12+,14+/m1/s1. The van der Waals surface area contributed by atoms with Crippen molar-refractivity contribution in [3.63, 3.8) is 0 Å². The largest absolute Gasteiger partial charge is 0.353 e. The second-order valence-corrected chi connectivity index (χ2v) is 6.16. The Hall–Kier alpha value is -2.29. The quantitative estimate of drug-likeness (QED) is 0.821. The van der Waals surface area contributed by atoms with E-state index in [0.717, 1.165) is 5.69 Å². The van der Waals surface area contributed by atoms with Crippen LogP contribution in [0.5, 0.6) is 0 Å². The van der Waals surface area contributed by atoms with Crippen molar-refractivity contribution in [1.82, 2.24) is 34.8 Å². The first-order valence-corrected chi connectivity index (χ1v) is 8.01. The third-order valence-corrected chi connectivity index (χ3v) is 4.49. The summed E-state index contributed by atoms with van der Waals surface area (Å²) in [6.45, 7) is 3.17. The molecule has 8 nitrogen and oxygen atoms in total. The van der Waals surface area contributed by atoms with Crippen molar-refractivity contribution >= 4 is 5.91 Å². The summed E-state index contributed by atoms with van der Waals surface area (Å²) in [7, 11) is 1.87. The molecule has 0 bridgehead atoms. The molecule has 1 fully saturated rings. The lowest BCUT2D eigenvalue weighted by Gasteiger charge is -2.24. The van der Waals surface area contributed by atoms with Crippen molar-refractivity contribution in [2.75, 3.05) is 13.1 Å². The van der Waals surface area contributed by atoms with Crippen LogP contribution in [0.25, 0.3) is 0 Å². The van der Waals surface area contributed by atoms with E-state index in [9.17, 15) is 9.18 Å². The van der Waals surface area contributed by atoms with Crippen LogP contribution >= 0.6 is 0 Å². The highest BCUT2D eigenvalue weighted by atomic mass is 19.1. The Morgan fingerprint density at radius 2 is 2.33 bits per heavy atom. The van der Waals surface area contributed by atoms with Gasteiger partial charge in [0.2, 0.25) is 5.91 Å². The highest BCUT2D eigenvalue weighted by molar-refractivity contribution is 5.79. The van der Waals surface area contributed by atoms with Gasteiger partial charge in [0.25, 0.3) is 0 Å². The second-order valence-electron chi connectivity index (χ2n) is 6.16. The molecule has 0 aliphatic carbocycles. The zero-order valence-corrected chi connectivity index (χ0v) is 13.8. The first-order chi connectivity index (χ1) is 11.5. The number of hydrogen-bond donors (Lipinski definition) is 1. The van der Waals surface area contributed by atoms with Gasteiger partial charge in [0, 0.05) is 38.9 Å². The van der Waals surface area contributed by atoms with Crippen LogP contribution in [-0.2, 0) is 18.4 Å². The Kier molecular flexibility index (Phi) is 4.89. The van der Waals surface area contributed by atoms with Crippen LogP contribution in [0.15, 0.2) is 24.9 Å². The smallest absolute Gasteiger partial charge is 0.244 e. The molecule has 1 aliphatic rings. The van der Waals surface area contributed by atoms with Crippen LogP contribution in [0.4, 0.5) is 4.39 Å². The van der Waals surface area contributed by atoms with Crippen LogP contribution in [0.1, 0.15) is 25.1 Å². The fourth-order valence-electron chi connectivity index (χ4n) is 3.00. The number of amides is 1. The van der Waals surface area contributed by atoms with Crippen LogP contribution in [-0.4, -0.2) is 60.7 Å². The van der Waals surface area contributed by atoms with E-state index >= 15 is 0 Å². The molecule has 1 amide bonds. The molecule has 3 rings (SSSR count). The average Bonchev–Trinajstić information content (AvgIpc) is 3.28. The molecule has 3 heterocycles. The van der Waals surface area contributed by atoms with E-state index in [-0.39, 0.29) is 11.9 Å². The predicted octanol–water partition coefficient (Wildman–Crippen LogP) is 0.301. The number of aromatic nitrogens is 5. The van der Waals surface area contributed by atoms with Gasteiger partial charge in [0.05, 0.1) is 5.69 Å². The number of halogens is 1. The zero-order chi connectivity index (χ0) is 17.1. The van der Waals surface area contributed by atoms with Crippen molar-refractivity contribution in [2.45, 2.75) is 38.1 Å². The first-order valence-electron chi connectivity index (χ1n) is 8.01. The van der Waals surface area contributed by atoms with E-state index in [2.05, 4.69) is 25.4 Å². The summed E-state index contributed by atoms with van der Waals surface area (Å²) < 4.78 is 17.1. The molecule has 9 heteroatoms. The molecule has 3 atom stereocenters. The van der Waals surface area contributed by atoms with Crippen molar-refractivity contribution in [3.05, 3.63) is 30.6 Å². The summed E-state index contributed by atoms with van der Waals surface area (Å²) in [5.41, 5.74) is 1.02. The summed E-state index contributed by atoms with van der Waals surface area (Å²) in [6, 6.07) is 1.45. The minimum absolute atomic E-state index is 0.0261. The summed E-state index contributed by atoms with van der Waals surface area (Å²) in [4.78, 5) is 18.1. The van der Waals surface area contributed by atoms with E-state index in [1.807, 2.05) is 13.1 Å². The van der Waals surface area contributed by atoms with Crippen molar-refractivity contribution < 1.29 is 9.18 Å².